The van der Waals surface area contributed by atoms with Gasteiger partial charge in [-0.3, -0.25) is 0 Å². The minimum atomic E-state index is -0.991. The summed E-state index contributed by atoms with van der Waals surface area (Å²) >= 11 is 0. The zero-order valence-electron chi connectivity index (χ0n) is 10.7. The van der Waals surface area contributed by atoms with Crippen LogP contribution in [0.5, 0.6) is 0 Å². The summed E-state index contributed by atoms with van der Waals surface area (Å²) in [6.45, 7) is 1.90. The zero-order chi connectivity index (χ0) is 14.0. The average Bonchev–Trinajstić information content (AvgIpc) is 2.78. The van der Waals surface area contributed by atoms with E-state index in [-0.39, 0.29) is 11.6 Å². The molecule has 0 aliphatic heterocycles. The van der Waals surface area contributed by atoms with Gasteiger partial charge in [-0.05, 0) is 25.1 Å². The van der Waals surface area contributed by atoms with Crippen LogP contribution >= 0.6 is 0 Å². The lowest BCUT2D eigenvalue weighted by atomic mass is 10.1. The number of rotatable bonds is 4. The van der Waals surface area contributed by atoms with Gasteiger partial charge in [0, 0.05) is 7.05 Å². The van der Waals surface area contributed by atoms with Gasteiger partial charge >= 0.3 is 5.97 Å². The molecule has 1 aromatic heterocycles. The van der Waals surface area contributed by atoms with Crippen LogP contribution in [0.2, 0.25) is 0 Å². The van der Waals surface area contributed by atoms with E-state index >= 15 is 0 Å². The normalized spacial score (nSPS) is 12.1. The number of nitrogen functional groups attached to an aromatic ring is 1. The molecule has 0 amide bonds. The molecule has 1 unspecified atom stereocenters. The first-order valence-corrected chi connectivity index (χ1v) is 5.72. The van der Waals surface area contributed by atoms with Gasteiger partial charge in [0.1, 0.15) is 6.33 Å². The van der Waals surface area contributed by atoms with Gasteiger partial charge < -0.3 is 20.7 Å². The van der Waals surface area contributed by atoms with E-state index in [1.807, 2.05) is 14.0 Å². The molecule has 7 heteroatoms. The summed E-state index contributed by atoms with van der Waals surface area (Å²) in [6, 6.07) is 4.40. The lowest BCUT2D eigenvalue weighted by Gasteiger charge is -2.16. The Morgan fingerprint density at radius 2 is 2.26 bits per heavy atom. The van der Waals surface area contributed by atoms with Crippen LogP contribution in [-0.2, 0) is 7.05 Å². The number of anilines is 2. The van der Waals surface area contributed by atoms with E-state index in [0.717, 1.165) is 5.82 Å². The summed E-state index contributed by atoms with van der Waals surface area (Å²) in [6.07, 6.45) is 1.60. The molecule has 0 aliphatic rings. The van der Waals surface area contributed by atoms with Gasteiger partial charge in [-0.15, -0.1) is 10.2 Å². The fraction of sp³-hybridized carbons (Fsp3) is 0.250. The zero-order valence-corrected chi connectivity index (χ0v) is 10.7. The van der Waals surface area contributed by atoms with Crippen molar-refractivity contribution >= 4 is 17.3 Å². The Hall–Kier alpha value is -2.57. The van der Waals surface area contributed by atoms with Crippen molar-refractivity contribution in [2.45, 2.75) is 13.0 Å². The van der Waals surface area contributed by atoms with Gasteiger partial charge in [0.05, 0.1) is 23.0 Å². The summed E-state index contributed by atoms with van der Waals surface area (Å²) in [7, 11) is 1.84. The molecule has 2 aromatic rings. The maximum absolute atomic E-state index is 10.9. The standard InChI is InChI=1S/C12H15N5O2/c1-7(11-16-14-6-17(11)2)15-10-5-8(12(18)19)3-4-9(10)13/h3-7,15H,13H2,1-2H3,(H,18,19). The van der Waals surface area contributed by atoms with Crippen LogP contribution in [0.25, 0.3) is 0 Å². The molecule has 7 nitrogen and oxygen atoms in total. The van der Waals surface area contributed by atoms with E-state index < -0.39 is 5.97 Å². The first-order chi connectivity index (χ1) is 8.99. The Morgan fingerprint density at radius 1 is 1.53 bits per heavy atom. The highest BCUT2D eigenvalue weighted by Gasteiger charge is 2.13. The first-order valence-electron chi connectivity index (χ1n) is 5.72. The first kappa shape index (κ1) is 12.9. The molecule has 1 atom stereocenters. The van der Waals surface area contributed by atoms with Gasteiger partial charge in [0.25, 0.3) is 0 Å². The maximum Gasteiger partial charge on any atom is 0.335 e. The van der Waals surface area contributed by atoms with Crippen molar-refractivity contribution in [3.8, 4) is 0 Å². The molecule has 0 spiro atoms. The lowest BCUT2D eigenvalue weighted by Crippen LogP contribution is -2.13. The third-order valence-electron chi connectivity index (χ3n) is 2.81. The number of aryl methyl sites for hydroxylation is 1. The van der Waals surface area contributed by atoms with Crippen molar-refractivity contribution in [2.24, 2.45) is 7.05 Å². The number of benzene rings is 1. The highest BCUT2D eigenvalue weighted by Crippen LogP contribution is 2.24. The third-order valence-corrected chi connectivity index (χ3v) is 2.81. The minimum absolute atomic E-state index is 0.140. The van der Waals surface area contributed by atoms with E-state index in [2.05, 4.69) is 15.5 Å². The van der Waals surface area contributed by atoms with E-state index in [1.54, 1.807) is 17.0 Å². The van der Waals surface area contributed by atoms with Crippen LogP contribution in [-0.4, -0.2) is 25.8 Å². The Morgan fingerprint density at radius 3 is 2.84 bits per heavy atom. The number of aromatic carboxylic acids is 1. The molecule has 100 valence electrons. The van der Waals surface area contributed by atoms with Crippen LogP contribution in [0.1, 0.15) is 29.1 Å². The monoisotopic (exact) mass is 261 g/mol. The second-order valence-electron chi connectivity index (χ2n) is 4.27. The number of nitrogens with one attached hydrogen (secondary N) is 1. The molecule has 0 radical (unpaired) electrons. The van der Waals surface area contributed by atoms with Gasteiger partial charge in [-0.2, -0.15) is 0 Å². The van der Waals surface area contributed by atoms with Crippen molar-refractivity contribution in [1.82, 2.24) is 14.8 Å². The van der Waals surface area contributed by atoms with E-state index in [1.165, 1.54) is 12.1 Å². The van der Waals surface area contributed by atoms with E-state index in [4.69, 9.17) is 10.8 Å². The van der Waals surface area contributed by atoms with E-state index in [0.29, 0.717) is 11.4 Å². The summed E-state index contributed by atoms with van der Waals surface area (Å²) in [5.74, 6) is -0.255. The molecular weight excluding hydrogens is 246 g/mol. The largest absolute Gasteiger partial charge is 0.478 e. The summed E-state index contributed by atoms with van der Waals surface area (Å²) in [5.41, 5.74) is 7.06. The molecule has 19 heavy (non-hydrogen) atoms. The highest BCUT2D eigenvalue weighted by atomic mass is 16.4. The molecular formula is C12H15N5O2. The molecule has 0 fully saturated rings. The van der Waals surface area contributed by atoms with Gasteiger partial charge in [-0.1, -0.05) is 0 Å². The maximum atomic E-state index is 10.9. The summed E-state index contributed by atoms with van der Waals surface area (Å²) in [4.78, 5) is 10.9. The summed E-state index contributed by atoms with van der Waals surface area (Å²) < 4.78 is 1.79. The SMILES string of the molecule is CC(Nc1cc(C(=O)O)ccc1N)c1nncn1C. The van der Waals surface area contributed by atoms with Crippen molar-refractivity contribution in [3.63, 3.8) is 0 Å². The molecule has 0 saturated heterocycles. The predicted molar refractivity (Wildman–Crippen MR) is 70.9 cm³/mol. The van der Waals surface area contributed by atoms with Crippen molar-refractivity contribution in [1.29, 1.82) is 0 Å². The van der Waals surface area contributed by atoms with Gasteiger partial charge in [-0.25, -0.2) is 4.79 Å². The number of carbonyl (C=O) groups is 1. The number of carboxylic acids is 1. The second-order valence-corrected chi connectivity index (χ2v) is 4.27. The van der Waals surface area contributed by atoms with E-state index in [9.17, 15) is 4.79 Å². The van der Waals surface area contributed by atoms with Crippen molar-refractivity contribution < 1.29 is 9.90 Å². The number of hydrogen-bond acceptors (Lipinski definition) is 5. The Bertz CT molecular complexity index is 608. The smallest absolute Gasteiger partial charge is 0.335 e. The molecule has 0 saturated carbocycles. The molecule has 0 aliphatic carbocycles. The van der Waals surface area contributed by atoms with Crippen LogP contribution < -0.4 is 11.1 Å². The van der Waals surface area contributed by atoms with Crippen molar-refractivity contribution in [2.75, 3.05) is 11.1 Å². The molecule has 1 aromatic carbocycles. The molecule has 4 N–H and O–H groups in total. The number of nitrogens with zero attached hydrogens (tertiary/aromatic N) is 3. The summed E-state index contributed by atoms with van der Waals surface area (Å²) in [5, 5.41) is 19.9. The van der Waals surface area contributed by atoms with Crippen molar-refractivity contribution in [3.05, 3.63) is 35.9 Å². The Labute approximate surface area is 110 Å². The highest BCUT2D eigenvalue weighted by molar-refractivity contribution is 5.90. The van der Waals surface area contributed by atoms with Crippen LogP contribution in [0.4, 0.5) is 11.4 Å². The van der Waals surface area contributed by atoms with Crippen LogP contribution in [0.3, 0.4) is 0 Å². The third kappa shape index (κ3) is 2.65. The van der Waals surface area contributed by atoms with Crippen LogP contribution in [0.15, 0.2) is 24.5 Å². The number of carboxylic acid groups (broad SMARTS) is 1. The predicted octanol–water partition coefficient (Wildman–Crippen LogP) is 1.27. The second kappa shape index (κ2) is 4.97. The number of nitrogens with two attached hydrogens (primary N) is 1. The lowest BCUT2D eigenvalue weighted by molar-refractivity contribution is 0.0697. The number of hydrogen-bond donors (Lipinski definition) is 3. The quantitative estimate of drug-likeness (QED) is 0.715. The Balaban J connectivity index is 2.26. The molecule has 2 rings (SSSR count). The fourth-order valence-electron chi connectivity index (χ4n) is 1.80. The number of aromatic nitrogens is 3. The molecule has 0 bridgehead atoms. The van der Waals surface area contributed by atoms with Gasteiger partial charge in [0.15, 0.2) is 5.82 Å². The fourth-order valence-corrected chi connectivity index (χ4v) is 1.80. The Kier molecular flexibility index (Phi) is 3.37. The average molecular weight is 261 g/mol. The molecule has 1 heterocycles. The van der Waals surface area contributed by atoms with Gasteiger partial charge in [0.2, 0.25) is 0 Å². The topological polar surface area (TPSA) is 106 Å². The van der Waals surface area contributed by atoms with Crippen LogP contribution in [0, 0.1) is 0 Å². The minimum Gasteiger partial charge on any atom is -0.478 e.